The van der Waals surface area contributed by atoms with Crippen molar-refractivity contribution >= 4 is 53.2 Å². The highest BCUT2D eigenvalue weighted by Gasteiger charge is 2.24. The van der Waals surface area contributed by atoms with E-state index in [1.807, 2.05) is 13.8 Å². The van der Waals surface area contributed by atoms with Gasteiger partial charge in [-0.05, 0) is 43.8 Å². The fourth-order valence-electron chi connectivity index (χ4n) is 1.10. The molecule has 0 radical (unpaired) electrons. The fraction of sp³-hybridized carbons (Fsp3) is 0.556. The lowest BCUT2D eigenvalue weighted by Crippen LogP contribution is -2.40. The SMILES string of the molecule is CC(C)C(CO)NS(=O)(=O)c1cc(Br)c(Br)s1. The molecule has 1 aromatic heterocycles. The second-order valence-corrected chi connectivity index (χ2v) is 9.01. The third kappa shape index (κ3) is 4.00. The van der Waals surface area contributed by atoms with Gasteiger partial charge in [0.25, 0.3) is 0 Å². The molecule has 0 saturated carbocycles. The number of hydrogen-bond acceptors (Lipinski definition) is 4. The van der Waals surface area contributed by atoms with Crippen molar-refractivity contribution in [1.29, 1.82) is 0 Å². The minimum absolute atomic E-state index is 0.0293. The Morgan fingerprint density at radius 1 is 1.47 bits per heavy atom. The Balaban J connectivity index is 2.96. The van der Waals surface area contributed by atoms with Crippen LogP contribution in [0, 0.1) is 5.92 Å². The first kappa shape index (κ1) is 15.6. The highest BCUT2D eigenvalue weighted by atomic mass is 79.9. The van der Waals surface area contributed by atoms with Gasteiger partial charge in [0.15, 0.2) is 0 Å². The van der Waals surface area contributed by atoms with Crippen LogP contribution in [0.5, 0.6) is 0 Å². The first-order valence-corrected chi connectivity index (χ1v) is 8.74. The molecule has 98 valence electrons. The van der Waals surface area contributed by atoms with Gasteiger partial charge in [-0.3, -0.25) is 0 Å². The van der Waals surface area contributed by atoms with Crippen LogP contribution in [-0.4, -0.2) is 26.2 Å². The Hall–Kier alpha value is 0.530. The molecule has 0 aliphatic heterocycles. The summed E-state index contributed by atoms with van der Waals surface area (Å²) in [6.45, 7) is 3.48. The lowest BCUT2D eigenvalue weighted by molar-refractivity contribution is 0.228. The summed E-state index contributed by atoms with van der Waals surface area (Å²) >= 11 is 7.62. The number of sulfonamides is 1. The summed E-state index contributed by atoms with van der Waals surface area (Å²) < 4.78 is 28.2. The molecule has 0 aliphatic rings. The van der Waals surface area contributed by atoms with Crippen LogP contribution in [-0.2, 0) is 10.0 Å². The van der Waals surface area contributed by atoms with Crippen molar-refractivity contribution in [1.82, 2.24) is 4.72 Å². The summed E-state index contributed by atoms with van der Waals surface area (Å²) in [6, 6.07) is 1.06. The molecule has 0 saturated heterocycles. The van der Waals surface area contributed by atoms with Crippen LogP contribution in [0.3, 0.4) is 0 Å². The van der Waals surface area contributed by atoms with Gasteiger partial charge in [0.1, 0.15) is 4.21 Å². The zero-order valence-corrected chi connectivity index (χ0v) is 14.1. The molecule has 1 aromatic rings. The normalized spacial score (nSPS) is 14.2. The van der Waals surface area contributed by atoms with Crippen LogP contribution in [0.15, 0.2) is 18.5 Å². The van der Waals surface area contributed by atoms with Gasteiger partial charge in [-0.2, -0.15) is 0 Å². The van der Waals surface area contributed by atoms with Crippen molar-refractivity contribution in [3.8, 4) is 0 Å². The number of aliphatic hydroxyl groups excluding tert-OH is 1. The zero-order valence-electron chi connectivity index (χ0n) is 9.28. The summed E-state index contributed by atoms with van der Waals surface area (Å²) in [6.07, 6.45) is 0. The van der Waals surface area contributed by atoms with Gasteiger partial charge in [-0.25, -0.2) is 13.1 Å². The maximum Gasteiger partial charge on any atom is 0.250 e. The highest BCUT2D eigenvalue weighted by molar-refractivity contribution is 9.13. The summed E-state index contributed by atoms with van der Waals surface area (Å²) in [7, 11) is -3.57. The molecule has 1 heterocycles. The minimum atomic E-state index is -3.57. The van der Waals surface area contributed by atoms with E-state index in [0.717, 1.165) is 15.1 Å². The van der Waals surface area contributed by atoms with Gasteiger partial charge in [0.2, 0.25) is 10.0 Å². The Bertz CT molecular complexity index is 465. The van der Waals surface area contributed by atoms with Gasteiger partial charge < -0.3 is 5.11 Å². The first-order valence-electron chi connectivity index (χ1n) is 4.86. The summed E-state index contributed by atoms with van der Waals surface area (Å²) in [5.41, 5.74) is 0. The van der Waals surface area contributed by atoms with Crippen LogP contribution in [0.2, 0.25) is 0 Å². The molecule has 4 nitrogen and oxygen atoms in total. The van der Waals surface area contributed by atoms with E-state index in [4.69, 9.17) is 5.11 Å². The Morgan fingerprint density at radius 2 is 2.06 bits per heavy atom. The van der Waals surface area contributed by atoms with Crippen molar-refractivity contribution in [2.75, 3.05) is 6.61 Å². The number of nitrogens with one attached hydrogen (secondary N) is 1. The third-order valence-corrected chi connectivity index (χ3v) is 7.42. The number of aliphatic hydroxyl groups is 1. The van der Waals surface area contributed by atoms with Gasteiger partial charge in [-0.1, -0.05) is 13.8 Å². The lowest BCUT2D eigenvalue weighted by atomic mass is 10.1. The van der Waals surface area contributed by atoms with E-state index in [0.29, 0.717) is 4.47 Å². The molecule has 17 heavy (non-hydrogen) atoms. The van der Waals surface area contributed by atoms with Crippen LogP contribution in [0.4, 0.5) is 0 Å². The van der Waals surface area contributed by atoms with Crippen LogP contribution >= 0.6 is 43.2 Å². The van der Waals surface area contributed by atoms with Crippen molar-refractivity contribution in [3.63, 3.8) is 0 Å². The van der Waals surface area contributed by atoms with Crippen molar-refractivity contribution in [3.05, 3.63) is 14.3 Å². The number of thiophene rings is 1. The largest absolute Gasteiger partial charge is 0.395 e. The quantitative estimate of drug-likeness (QED) is 0.789. The van der Waals surface area contributed by atoms with Crippen molar-refractivity contribution < 1.29 is 13.5 Å². The fourth-order valence-corrected chi connectivity index (χ4v) is 5.31. The summed E-state index contributed by atoms with van der Waals surface area (Å²) in [5, 5.41) is 9.12. The van der Waals surface area contributed by atoms with E-state index < -0.39 is 16.1 Å². The maximum atomic E-state index is 12.0. The average molecular weight is 407 g/mol. The van der Waals surface area contributed by atoms with Gasteiger partial charge in [-0.15, -0.1) is 11.3 Å². The van der Waals surface area contributed by atoms with E-state index in [-0.39, 0.29) is 16.7 Å². The molecule has 1 atom stereocenters. The van der Waals surface area contributed by atoms with Gasteiger partial charge >= 0.3 is 0 Å². The second-order valence-electron chi connectivity index (χ2n) is 3.84. The molecule has 0 spiro atoms. The predicted molar refractivity (Wildman–Crippen MR) is 75.8 cm³/mol. The monoisotopic (exact) mass is 405 g/mol. The van der Waals surface area contributed by atoms with E-state index in [1.54, 1.807) is 0 Å². The van der Waals surface area contributed by atoms with E-state index in [9.17, 15) is 8.42 Å². The molecule has 1 rings (SSSR count). The maximum absolute atomic E-state index is 12.0. The van der Waals surface area contributed by atoms with Crippen LogP contribution < -0.4 is 4.72 Å². The first-order chi connectivity index (χ1) is 7.77. The highest BCUT2D eigenvalue weighted by Crippen LogP contribution is 2.34. The molecule has 0 amide bonds. The molecule has 1 unspecified atom stereocenters. The Labute approximate surface area is 122 Å². The van der Waals surface area contributed by atoms with Gasteiger partial charge in [0.05, 0.1) is 10.4 Å². The third-order valence-electron chi connectivity index (χ3n) is 2.20. The summed E-state index contributed by atoms with van der Waals surface area (Å²) in [4.78, 5) is 0. The molecule has 2 N–H and O–H groups in total. The minimum Gasteiger partial charge on any atom is -0.395 e. The smallest absolute Gasteiger partial charge is 0.250 e. The zero-order chi connectivity index (χ0) is 13.2. The number of hydrogen-bond donors (Lipinski definition) is 2. The molecule has 0 bridgehead atoms. The molecule has 8 heteroatoms. The van der Waals surface area contributed by atoms with Crippen LogP contribution in [0.25, 0.3) is 0 Å². The number of halogens is 2. The molecular formula is C9H13Br2NO3S2. The standard InChI is InChI=1S/C9H13Br2NO3S2/c1-5(2)7(4-13)12-17(14,15)8-3-6(10)9(11)16-8/h3,5,7,12-13H,4H2,1-2H3. The molecule has 0 aliphatic carbocycles. The van der Waals surface area contributed by atoms with E-state index >= 15 is 0 Å². The van der Waals surface area contributed by atoms with E-state index in [1.165, 1.54) is 6.07 Å². The summed E-state index contributed by atoms with van der Waals surface area (Å²) in [5.74, 6) is 0.0293. The Morgan fingerprint density at radius 3 is 2.41 bits per heavy atom. The molecule has 0 fully saturated rings. The second kappa shape index (κ2) is 6.12. The lowest BCUT2D eigenvalue weighted by Gasteiger charge is -2.19. The van der Waals surface area contributed by atoms with Crippen molar-refractivity contribution in [2.24, 2.45) is 5.92 Å². The van der Waals surface area contributed by atoms with Gasteiger partial charge in [0, 0.05) is 10.5 Å². The van der Waals surface area contributed by atoms with Crippen LogP contribution in [0.1, 0.15) is 13.8 Å². The average Bonchev–Trinajstić information content (AvgIpc) is 2.56. The van der Waals surface area contributed by atoms with Crippen molar-refractivity contribution in [2.45, 2.75) is 24.1 Å². The molecular weight excluding hydrogens is 394 g/mol. The topological polar surface area (TPSA) is 66.4 Å². The van der Waals surface area contributed by atoms with E-state index in [2.05, 4.69) is 36.6 Å². The predicted octanol–water partition coefficient (Wildman–Crippen LogP) is 2.57. The number of rotatable bonds is 5. The molecule has 0 aromatic carbocycles. The Kier molecular flexibility index (Phi) is 5.61.